The maximum absolute atomic E-state index is 12.4. The molecule has 2 N–H and O–H groups in total. The Balaban J connectivity index is 0.00000161. The molecule has 1 amide bonds. The molecule has 3 atom stereocenters. The van der Waals surface area contributed by atoms with Crippen molar-refractivity contribution in [2.24, 2.45) is 0 Å². The van der Waals surface area contributed by atoms with E-state index in [1.165, 1.54) is 10.5 Å². The lowest BCUT2D eigenvalue weighted by molar-refractivity contribution is -0.129. The Bertz CT molecular complexity index is 500. The number of carbonyl (C=O) groups is 1. The Morgan fingerprint density at radius 2 is 2.24 bits per heavy atom. The first-order chi connectivity index (χ1) is 9.75. The molecule has 1 saturated heterocycles. The number of amides is 1. The molecule has 116 valence electrons. The summed E-state index contributed by atoms with van der Waals surface area (Å²) in [7, 11) is 0. The van der Waals surface area contributed by atoms with Crippen LogP contribution in [0, 0.1) is 0 Å². The van der Waals surface area contributed by atoms with Crippen LogP contribution in [0.1, 0.15) is 24.9 Å². The van der Waals surface area contributed by atoms with Gasteiger partial charge in [0.2, 0.25) is 5.91 Å². The van der Waals surface area contributed by atoms with Gasteiger partial charge in [0.1, 0.15) is 6.04 Å². The van der Waals surface area contributed by atoms with E-state index in [1.807, 2.05) is 24.8 Å². The molecular formula is C15H21ClN2O2S. The molecule has 3 rings (SSSR count). The molecule has 1 aromatic carbocycles. The zero-order valence-electron chi connectivity index (χ0n) is 12.0. The summed E-state index contributed by atoms with van der Waals surface area (Å²) in [6.07, 6.45) is 0.909. The summed E-state index contributed by atoms with van der Waals surface area (Å²) in [5.74, 6) is 1.09. The average molecular weight is 329 g/mol. The van der Waals surface area contributed by atoms with Crippen LogP contribution >= 0.6 is 24.2 Å². The van der Waals surface area contributed by atoms with Gasteiger partial charge in [0, 0.05) is 17.2 Å². The topological polar surface area (TPSA) is 50.4 Å². The molecule has 4 nitrogen and oxygen atoms in total. The minimum atomic E-state index is -0.245. The summed E-state index contributed by atoms with van der Waals surface area (Å²) in [4.78, 5) is 13.7. The summed E-state index contributed by atoms with van der Waals surface area (Å²) >= 11 is 1.86. The van der Waals surface area contributed by atoms with Gasteiger partial charge in [-0.05, 0) is 25.0 Å². The number of fused-ring (bicyclic) bond motifs is 1. The highest BCUT2D eigenvalue weighted by Gasteiger charge is 2.31. The molecule has 21 heavy (non-hydrogen) atoms. The van der Waals surface area contributed by atoms with Crippen LogP contribution in [0.4, 0.5) is 0 Å². The highest BCUT2D eigenvalue weighted by Crippen LogP contribution is 2.35. The molecule has 0 aliphatic carbocycles. The van der Waals surface area contributed by atoms with Crippen LogP contribution in [0.25, 0.3) is 0 Å². The van der Waals surface area contributed by atoms with E-state index in [0.717, 1.165) is 18.7 Å². The molecule has 1 aromatic rings. The van der Waals surface area contributed by atoms with E-state index in [0.29, 0.717) is 6.61 Å². The Kier molecular flexibility index (Phi) is 5.93. The first kappa shape index (κ1) is 16.6. The predicted octanol–water partition coefficient (Wildman–Crippen LogP) is 2.14. The standard InChI is InChI=1S/C15H20N2O2S.ClH/c1-10-14(16-7-8-19-10)15(18)17-12-6-9-20-13-5-3-2-4-11(12)13;/h2-5,10,12,14,16H,6-9H2,1H3,(H,17,18);1H/t10-,12?,14+;/m1./s1. The quantitative estimate of drug-likeness (QED) is 0.873. The molecule has 1 unspecified atom stereocenters. The van der Waals surface area contributed by atoms with Gasteiger partial charge in [-0.25, -0.2) is 0 Å². The van der Waals surface area contributed by atoms with E-state index in [1.54, 1.807) is 0 Å². The fourth-order valence-electron chi connectivity index (χ4n) is 2.78. The van der Waals surface area contributed by atoms with E-state index in [2.05, 4.69) is 28.8 Å². The molecule has 2 heterocycles. The molecule has 2 aliphatic heterocycles. The highest BCUT2D eigenvalue weighted by atomic mass is 35.5. The summed E-state index contributed by atoms with van der Waals surface area (Å²) < 4.78 is 5.54. The van der Waals surface area contributed by atoms with Gasteiger partial charge in [-0.1, -0.05) is 18.2 Å². The van der Waals surface area contributed by atoms with Crippen molar-refractivity contribution >= 4 is 30.1 Å². The maximum atomic E-state index is 12.4. The maximum Gasteiger partial charge on any atom is 0.240 e. The lowest BCUT2D eigenvalue weighted by Gasteiger charge is -2.32. The van der Waals surface area contributed by atoms with Crippen molar-refractivity contribution < 1.29 is 9.53 Å². The minimum absolute atomic E-state index is 0. The van der Waals surface area contributed by atoms with Crippen molar-refractivity contribution in [3.63, 3.8) is 0 Å². The summed E-state index contributed by atoms with van der Waals surface area (Å²) in [5, 5.41) is 6.42. The van der Waals surface area contributed by atoms with Gasteiger partial charge in [-0.15, -0.1) is 24.2 Å². The van der Waals surface area contributed by atoms with Crippen molar-refractivity contribution in [1.29, 1.82) is 0 Å². The van der Waals surface area contributed by atoms with Crippen LogP contribution in [0.2, 0.25) is 0 Å². The Hall–Kier alpha value is -0.750. The second kappa shape index (κ2) is 7.49. The summed E-state index contributed by atoms with van der Waals surface area (Å²) in [5.41, 5.74) is 1.24. The van der Waals surface area contributed by atoms with Gasteiger partial charge in [-0.3, -0.25) is 4.79 Å². The van der Waals surface area contributed by atoms with Gasteiger partial charge in [-0.2, -0.15) is 0 Å². The molecule has 2 aliphatic rings. The van der Waals surface area contributed by atoms with E-state index in [9.17, 15) is 4.79 Å². The third-order valence-corrected chi connectivity index (χ3v) is 5.00. The fraction of sp³-hybridized carbons (Fsp3) is 0.533. The van der Waals surface area contributed by atoms with Crippen molar-refractivity contribution in [3.8, 4) is 0 Å². The number of ether oxygens (including phenoxy) is 1. The van der Waals surface area contributed by atoms with Crippen molar-refractivity contribution in [2.75, 3.05) is 18.9 Å². The molecule has 0 spiro atoms. The summed E-state index contributed by atoms with van der Waals surface area (Å²) in [6.45, 7) is 3.36. The predicted molar refractivity (Wildman–Crippen MR) is 87.1 cm³/mol. The zero-order valence-corrected chi connectivity index (χ0v) is 13.6. The van der Waals surface area contributed by atoms with E-state index >= 15 is 0 Å². The van der Waals surface area contributed by atoms with Crippen molar-refractivity contribution in [3.05, 3.63) is 29.8 Å². The number of hydrogen-bond donors (Lipinski definition) is 2. The number of morpholine rings is 1. The first-order valence-electron chi connectivity index (χ1n) is 7.13. The lowest BCUT2D eigenvalue weighted by Crippen LogP contribution is -2.56. The molecule has 0 bridgehead atoms. The zero-order chi connectivity index (χ0) is 13.9. The van der Waals surface area contributed by atoms with E-state index < -0.39 is 0 Å². The van der Waals surface area contributed by atoms with Crippen LogP contribution in [-0.4, -0.2) is 37.0 Å². The molecule has 0 saturated carbocycles. The highest BCUT2D eigenvalue weighted by molar-refractivity contribution is 7.99. The van der Waals surface area contributed by atoms with Gasteiger partial charge in [0.05, 0.1) is 18.8 Å². The second-order valence-electron chi connectivity index (χ2n) is 5.24. The van der Waals surface area contributed by atoms with Crippen molar-refractivity contribution in [1.82, 2.24) is 10.6 Å². The van der Waals surface area contributed by atoms with Gasteiger partial charge in [0.15, 0.2) is 0 Å². The summed E-state index contributed by atoms with van der Waals surface area (Å²) in [6, 6.07) is 8.20. The lowest BCUT2D eigenvalue weighted by atomic mass is 10.0. The molecule has 1 fully saturated rings. The number of benzene rings is 1. The van der Waals surface area contributed by atoms with Crippen molar-refractivity contribution in [2.45, 2.75) is 36.4 Å². The first-order valence-corrected chi connectivity index (χ1v) is 8.11. The SMILES string of the molecule is C[C@H]1OCCN[C@@H]1C(=O)NC1CCSc2ccccc21.Cl. The minimum Gasteiger partial charge on any atom is -0.375 e. The second-order valence-corrected chi connectivity index (χ2v) is 6.38. The number of rotatable bonds is 2. The third kappa shape index (κ3) is 3.72. The van der Waals surface area contributed by atoms with Crippen LogP contribution in [0.3, 0.4) is 0 Å². The van der Waals surface area contributed by atoms with Crippen LogP contribution in [-0.2, 0) is 9.53 Å². The van der Waals surface area contributed by atoms with E-state index in [4.69, 9.17) is 4.74 Å². The monoisotopic (exact) mass is 328 g/mol. The smallest absolute Gasteiger partial charge is 0.240 e. The number of nitrogens with one attached hydrogen (secondary N) is 2. The largest absolute Gasteiger partial charge is 0.375 e. The molecule has 0 radical (unpaired) electrons. The van der Waals surface area contributed by atoms with Gasteiger partial charge >= 0.3 is 0 Å². The van der Waals surface area contributed by atoms with Crippen LogP contribution in [0.5, 0.6) is 0 Å². The van der Waals surface area contributed by atoms with E-state index in [-0.39, 0.29) is 36.5 Å². The van der Waals surface area contributed by atoms with Gasteiger partial charge < -0.3 is 15.4 Å². The molecule has 6 heteroatoms. The molecule has 0 aromatic heterocycles. The Labute approximate surface area is 135 Å². The number of hydrogen-bond acceptors (Lipinski definition) is 4. The van der Waals surface area contributed by atoms with Gasteiger partial charge in [0.25, 0.3) is 0 Å². The fourth-order valence-corrected chi connectivity index (χ4v) is 3.91. The normalized spacial score (nSPS) is 28.1. The Morgan fingerprint density at radius 3 is 3.05 bits per heavy atom. The number of halogens is 1. The van der Waals surface area contributed by atoms with Crippen LogP contribution < -0.4 is 10.6 Å². The third-order valence-electron chi connectivity index (χ3n) is 3.87. The van der Waals surface area contributed by atoms with Crippen LogP contribution in [0.15, 0.2) is 29.2 Å². The molecular weight excluding hydrogens is 308 g/mol. The number of thioether (sulfide) groups is 1. The Morgan fingerprint density at radius 1 is 1.43 bits per heavy atom. The number of carbonyl (C=O) groups excluding carboxylic acids is 1. The average Bonchev–Trinajstić information content (AvgIpc) is 2.48.